The highest BCUT2D eigenvalue weighted by Gasteiger charge is 2.29. The molecule has 5 nitrogen and oxygen atoms in total. The average molecular weight is 378 g/mol. The van der Waals surface area contributed by atoms with E-state index in [0.717, 1.165) is 18.2 Å². The van der Waals surface area contributed by atoms with E-state index < -0.39 is 17.6 Å². The summed E-state index contributed by atoms with van der Waals surface area (Å²) in [6, 6.07) is 11.2. The first kappa shape index (κ1) is 20.2. The van der Waals surface area contributed by atoms with E-state index in [1.54, 1.807) is 24.3 Å². The molecule has 2 rings (SSSR count). The molecule has 2 N–H and O–H groups in total. The van der Waals surface area contributed by atoms with E-state index in [2.05, 4.69) is 17.4 Å². The summed E-state index contributed by atoms with van der Waals surface area (Å²) in [5.74, 6) is -0.800. The summed E-state index contributed by atoms with van der Waals surface area (Å²) in [7, 11) is 0. The Hall–Kier alpha value is -3.13. The van der Waals surface area contributed by atoms with Crippen molar-refractivity contribution in [3.63, 3.8) is 0 Å². The zero-order valence-corrected chi connectivity index (χ0v) is 14.2. The molecule has 0 saturated carbocycles. The van der Waals surface area contributed by atoms with E-state index in [0.29, 0.717) is 16.8 Å². The largest absolute Gasteiger partial charge is 0.416 e. The van der Waals surface area contributed by atoms with Crippen molar-refractivity contribution in [2.75, 3.05) is 5.32 Å². The molecule has 0 fully saturated rings. The number of hydrogen-bond donors (Lipinski definition) is 2. The predicted octanol–water partition coefficient (Wildman–Crippen LogP) is 3.62. The van der Waals surface area contributed by atoms with Gasteiger partial charge in [0.15, 0.2) is 0 Å². The zero-order chi connectivity index (χ0) is 19.9. The van der Waals surface area contributed by atoms with Crippen LogP contribution in [0.2, 0.25) is 0 Å². The molecule has 8 heteroatoms. The monoisotopic (exact) mass is 378 g/mol. The quantitative estimate of drug-likeness (QED) is 0.571. The predicted molar refractivity (Wildman–Crippen MR) is 93.3 cm³/mol. The third-order valence-corrected chi connectivity index (χ3v) is 3.45. The molecule has 0 atom stereocenters. The van der Waals surface area contributed by atoms with E-state index in [9.17, 15) is 22.8 Å². The van der Waals surface area contributed by atoms with Crippen molar-refractivity contribution in [3.05, 3.63) is 77.9 Å². The minimum atomic E-state index is -4.40. The highest BCUT2D eigenvalue weighted by molar-refractivity contribution is 5.98. The molecule has 0 aliphatic rings. The van der Waals surface area contributed by atoms with Gasteiger partial charge in [0.25, 0.3) is 0 Å². The summed E-state index contributed by atoms with van der Waals surface area (Å²) in [6.07, 6.45) is -3.26. The molecule has 0 saturated heterocycles. The third-order valence-electron chi connectivity index (χ3n) is 3.45. The Morgan fingerprint density at radius 3 is 2.41 bits per heavy atom. The number of benzene rings is 2. The smallest absolute Gasteiger partial charge is 0.323 e. The first-order valence-electron chi connectivity index (χ1n) is 7.87. The molecular weight excluding hydrogens is 361 g/mol. The van der Waals surface area contributed by atoms with Gasteiger partial charge in [-0.2, -0.15) is 13.2 Å². The second kappa shape index (κ2) is 9.00. The first-order valence-corrected chi connectivity index (χ1v) is 7.87. The Bertz CT molecular complexity index is 818. The molecule has 0 aliphatic heterocycles. The lowest BCUT2D eigenvalue weighted by Gasteiger charge is -2.09. The number of halogens is 3. The van der Waals surface area contributed by atoms with E-state index in [1.165, 1.54) is 12.1 Å². The van der Waals surface area contributed by atoms with Gasteiger partial charge in [0, 0.05) is 5.69 Å². The van der Waals surface area contributed by atoms with Gasteiger partial charge in [-0.25, -0.2) is 5.48 Å². The van der Waals surface area contributed by atoms with Gasteiger partial charge in [-0.1, -0.05) is 30.8 Å². The number of nitrogens with one attached hydrogen (secondary N) is 2. The molecule has 0 aliphatic carbocycles. The number of alkyl halides is 3. The normalized spacial score (nSPS) is 10.9. The lowest BCUT2D eigenvalue weighted by Crippen LogP contribution is -2.25. The van der Waals surface area contributed by atoms with Crippen molar-refractivity contribution >= 4 is 17.5 Å². The number of amides is 2. The Morgan fingerprint density at radius 2 is 1.78 bits per heavy atom. The van der Waals surface area contributed by atoms with E-state index >= 15 is 0 Å². The zero-order valence-electron chi connectivity index (χ0n) is 14.2. The topological polar surface area (TPSA) is 67.4 Å². The van der Waals surface area contributed by atoms with Crippen molar-refractivity contribution in [1.29, 1.82) is 0 Å². The van der Waals surface area contributed by atoms with Gasteiger partial charge in [0.1, 0.15) is 0 Å². The van der Waals surface area contributed by atoms with Crippen molar-refractivity contribution in [2.45, 2.75) is 19.2 Å². The van der Waals surface area contributed by atoms with Gasteiger partial charge in [-0.15, -0.1) is 0 Å². The highest BCUT2D eigenvalue weighted by Crippen LogP contribution is 2.29. The molecule has 2 aromatic carbocycles. The molecule has 0 unspecified atom stereocenters. The highest BCUT2D eigenvalue weighted by atomic mass is 19.4. The van der Waals surface area contributed by atoms with Crippen molar-refractivity contribution in [2.24, 2.45) is 0 Å². The fraction of sp³-hybridized carbons (Fsp3) is 0.158. The summed E-state index contributed by atoms with van der Waals surface area (Å²) in [5.41, 5.74) is 3.13. The van der Waals surface area contributed by atoms with Crippen LogP contribution in [-0.2, 0) is 33.6 Å². The van der Waals surface area contributed by atoms with Gasteiger partial charge in [-0.05, 0) is 41.5 Å². The van der Waals surface area contributed by atoms with Crippen LogP contribution in [0, 0.1) is 0 Å². The summed E-state index contributed by atoms with van der Waals surface area (Å²) in [5, 5.41) is 2.58. The van der Waals surface area contributed by atoms with Gasteiger partial charge >= 0.3 is 6.18 Å². The van der Waals surface area contributed by atoms with E-state index in [-0.39, 0.29) is 18.9 Å². The second-order valence-electron chi connectivity index (χ2n) is 5.58. The van der Waals surface area contributed by atoms with Crippen LogP contribution < -0.4 is 10.8 Å². The second-order valence-corrected chi connectivity index (χ2v) is 5.58. The van der Waals surface area contributed by atoms with Crippen LogP contribution in [0.25, 0.3) is 0 Å². The van der Waals surface area contributed by atoms with Crippen LogP contribution >= 0.6 is 0 Å². The molecule has 27 heavy (non-hydrogen) atoms. The SMILES string of the molecule is C=CC(=O)Nc1cccc(CC(=O)NOCc2ccc(C(F)(F)F)cc2)c1. The number of hydroxylamine groups is 1. The van der Waals surface area contributed by atoms with Crippen LogP contribution in [0.3, 0.4) is 0 Å². The van der Waals surface area contributed by atoms with Crippen LogP contribution in [0.15, 0.2) is 61.2 Å². The van der Waals surface area contributed by atoms with Gasteiger partial charge in [-0.3, -0.25) is 14.4 Å². The Labute approximate surface area is 153 Å². The van der Waals surface area contributed by atoms with E-state index in [1.807, 2.05) is 0 Å². The Kier molecular flexibility index (Phi) is 6.73. The fourth-order valence-electron chi connectivity index (χ4n) is 2.16. The summed E-state index contributed by atoms with van der Waals surface area (Å²) in [6.45, 7) is 3.28. The van der Waals surface area contributed by atoms with Gasteiger partial charge < -0.3 is 5.32 Å². The van der Waals surface area contributed by atoms with Crippen LogP contribution in [0.1, 0.15) is 16.7 Å². The van der Waals surface area contributed by atoms with Crippen LogP contribution in [-0.4, -0.2) is 11.8 Å². The first-order chi connectivity index (χ1) is 12.8. The number of carbonyl (C=O) groups excluding carboxylic acids is 2. The summed E-state index contributed by atoms with van der Waals surface area (Å²) in [4.78, 5) is 28.2. The van der Waals surface area contributed by atoms with Crippen molar-refractivity contribution in [1.82, 2.24) is 5.48 Å². The van der Waals surface area contributed by atoms with Crippen molar-refractivity contribution < 1.29 is 27.6 Å². The molecule has 0 bridgehead atoms. The molecule has 0 aromatic heterocycles. The molecule has 2 aromatic rings. The van der Waals surface area contributed by atoms with Crippen LogP contribution in [0.4, 0.5) is 18.9 Å². The number of carbonyl (C=O) groups is 2. The van der Waals surface area contributed by atoms with Crippen LogP contribution in [0.5, 0.6) is 0 Å². The van der Waals surface area contributed by atoms with Gasteiger partial charge in [0.2, 0.25) is 11.8 Å². The third kappa shape index (κ3) is 6.59. The number of hydrogen-bond acceptors (Lipinski definition) is 3. The molecule has 142 valence electrons. The average Bonchev–Trinajstić information content (AvgIpc) is 2.61. The van der Waals surface area contributed by atoms with Crippen molar-refractivity contribution in [3.8, 4) is 0 Å². The maximum absolute atomic E-state index is 12.5. The minimum absolute atomic E-state index is 0.00477. The molecule has 2 amide bonds. The molecule has 0 radical (unpaired) electrons. The van der Waals surface area contributed by atoms with E-state index in [4.69, 9.17) is 4.84 Å². The number of rotatable bonds is 7. The van der Waals surface area contributed by atoms with Gasteiger partial charge in [0.05, 0.1) is 18.6 Å². The maximum atomic E-state index is 12.5. The summed E-state index contributed by atoms with van der Waals surface area (Å²) >= 11 is 0. The lowest BCUT2D eigenvalue weighted by molar-refractivity contribution is -0.137. The fourth-order valence-corrected chi connectivity index (χ4v) is 2.16. The standard InChI is InChI=1S/C19H17F3N2O3/c1-2-17(25)23-16-5-3-4-14(10-16)11-18(26)24-27-12-13-6-8-15(9-7-13)19(20,21)22/h2-10H,1,11-12H2,(H,23,25)(H,24,26). The Morgan fingerprint density at radius 1 is 1.07 bits per heavy atom. The Balaban J connectivity index is 1.82. The summed E-state index contributed by atoms with van der Waals surface area (Å²) < 4.78 is 37.5. The molecular formula is C19H17F3N2O3. The molecule has 0 heterocycles. The molecule has 0 spiro atoms. The lowest BCUT2D eigenvalue weighted by atomic mass is 10.1. The maximum Gasteiger partial charge on any atom is 0.416 e. The number of anilines is 1. The minimum Gasteiger partial charge on any atom is -0.323 e.